The number of hydrogen-bond acceptors (Lipinski definition) is 5. The molecular weight excluding hydrogens is 258 g/mol. The van der Waals surface area contributed by atoms with Gasteiger partial charge in [-0.2, -0.15) is 0 Å². The number of esters is 1. The van der Waals surface area contributed by atoms with Gasteiger partial charge in [0.15, 0.2) is 0 Å². The Balaban J connectivity index is 2.40. The summed E-state index contributed by atoms with van der Waals surface area (Å²) >= 11 is 0. The Morgan fingerprint density at radius 1 is 1.15 bits per heavy atom. The van der Waals surface area contributed by atoms with Gasteiger partial charge in [0.1, 0.15) is 6.10 Å². The minimum Gasteiger partial charge on any atom is -0.462 e. The molecule has 1 unspecified atom stereocenters. The normalized spacial score (nSPS) is 17.2. The molecular formula is C15H27NO4. The molecule has 1 aliphatic carbocycles. The minimum absolute atomic E-state index is 0.0545. The van der Waals surface area contributed by atoms with Gasteiger partial charge in [0.2, 0.25) is 0 Å². The molecule has 1 saturated carbocycles. The van der Waals surface area contributed by atoms with E-state index >= 15 is 0 Å². The van der Waals surface area contributed by atoms with Crippen LogP contribution in [-0.2, 0) is 19.2 Å². The molecule has 1 fully saturated rings. The highest BCUT2D eigenvalue weighted by atomic mass is 16.7. The molecule has 0 aromatic rings. The van der Waals surface area contributed by atoms with E-state index < -0.39 is 5.92 Å². The molecule has 1 atom stereocenters. The predicted octanol–water partition coefficient (Wildman–Crippen LogP) is 2.69. The third-order valence-corrected chi connectivity index (χ3v) is 3.76. The highest BCUT2D eigenvalue weighted by Crippen LogP contribution is 2.22. The van der Waals surface area contributed by atoms with E-state index in [0.29, 0.717) is 19.5 Å². The van der Waals surface area contributed by atoms with Gasteiger partial charge >= 0.3 is 11.9 Å². The Labute approximate surface area is 121 Å². The summed E-state index contributed by atoms with van der Waals surface area (Å²) in [6.45, 7) is 7.02. The number of carbonyl (C=O) groups excluding carboxylic acids is 2. The van der Waals surface area contributed by atoms with Crippen molar-refractivity contribution in [3.63, 3.8) is 0 Å². The van der Waals surface area contributed by atoms with E-state index in [1.165, 1.54) is 0 Å². The Hall–Kier alpha value is -1.10. The molecule has 1 rings (SSSR count). The van der Waals surface area contributed by atoms with Crippen molar-refractivity contribution in [2.75, 3.05) is 13.1 Å². The summed E-state index contributed by atoms with van der Waals surface area (Å²) in [5.41, 5.74) is 0. The van der Waals surface area contributed by atoms with Gasteiger partial charge in [-0.1, -0.05) is 6.92 Å². The van der Waals surface area contributed by atoms with E-state index in [-0.39, 0.29) is 24.5 Å². The molecule has 20 heavy (non-hydrogen) atoms. The molecule has 0 N–H and O–H groups in total. The fraction of sp³-hybridized carbons (Fsp3) is 0.867. The second-order valence-electron chi connectivity index (χ2n) is 5.23. The maximum Gasteiger partial charge on any atom is 0.328 e. The Kier molecular flexibility index (Phi) is 7.59. The topological polar surface area (TPSA) is 55.8 Å². The monoisotopic (exact) mass is 285 g/mol. The third kappa shape index (κ3) is 5.49. The summed E-state index contributed by atoms with van der Waals surface area (Å²) in [5, 5.41) is 1.59. The first-order valence-electron chi connectivity index (χ1n) is 7.76. The standard InChI is InChI=1S/C15H27NO4/c1-4-12(15(18)20-16(5-2)6-3)11-14(17)19-13-9-7-8-10-13/h12-13H,4-11H2,1-3H3. The zero-order valence-electron chi connectivity index (χ0n) is 12.9. The van der Waals surface area contributed by atoms with Crippen LogP contribution in [0, 0.1) is 5.92 Å². The molecule has 116 valence electrons. The average Bonchev–Trinajstić information content (AvgIpc) is 2.94. The first-order chi connectivity index (χ1) is 9.60. The number of hydroxylamine groups is 2. The molecule has 0 heterocycles. The zero-order valence-corrected chi connectivity index (χ0v) is 12.9. The van der Waals surface area contributed by atoms with Crippen molar-refractivity contribution in [1.82, 2.24) is 5.06 Å². The van der Waals surface area contributed by atoms with Gasteiger partial charge in [-0.25, -0.2) is 0 Å². The number of hydrogen-bond donors (Lipinski definition) is 0. The van der Waals surface area contributed by atoms with E-state index in [2.05, 4.69) is 0 Å². The molecule has 0 aromatic heterocycles. The molecule has 5 heteroatoms. The van der Waals surface area contributed by atoms with Gasteiger partial charge < -0.3 is 9.57 Å². The first-order valence-corrected chi connectivity index (χ1v) is 7.76. The average molecular weight is 285 g/mol. The van der Waals surface area contributed by atoms with Crippen LogP contribution in [-0.4, -0.2) is 36.2 Å². The Bertz CT molecular complexity index is 309. The molecule has 0 aromatic carbocycles. The zero-order chi connectivity index (χ0) is 15.0. The fourth-order valence-electron chi connectivity index (χ4n) is 2.39. The minimum atomic E-state index is -0.412. The lowest BCUT2D eigenvalue weighted by Gasteiger charge is -2.21. The summed E-state index contributed by atoms with van der Waals surface area (Å²) in [5.74, 6) is -1.02. The maximum atomic E-state index is 12.0. The van der Waals surface area contributed by atoms with E-state index in [1.54, 1.807) is 5.06 Å². The molecule has 5 nitrogen and oxygen atoms in total. The van der Waals surface area contributed by atoms with Crippen molar-refractivity contribution in [1.29, 1.82) is 0 Å². The molecule has 0 radical (unpaired) electrons. The highest BCUT2D eigenvalue weighted by Gasteiger charge is 2.26. The highest BCUT2D eigenvalue weighted by molar-refractivity contribution is 5.79. The van der Waals surface area contributed by atoms with Crippen LogP contribution in [0.4, 0.5) is 0 Å². The number of rotatable bonds is 8. The van der Waals surface area contributed by atoms with E-state index in [9.17, 15) is 9.59 Å². The van der Waals surface area contributed by atoms with E-state index in [4.69, 9.17) is 9.57 Å². The lowest BCUT2D eigenvalue weighted by Crippen LogP contribution is -2.32. The fourth-order valence-corrected chi connectivity index (χ4v) is 2.39. The third-order valence-electron chi connectivity index (χ3n) is 3.76. The molecule has 0 amide bonds. The van der Waals surface area contributed by atoms with Gasteiger partial charge in [-0.15, -0.1) is 5.06 Å². The summed E-state index contributed by atoms with van der Waals surface area (Å²) in [7, 11) is 0. The summed E-state index contributed by atoms with van der Waals surface area (Å²) in [4.78, 5) is 29.1. The summed E-state index contributed by atoms with van der Waals surface area (Å²) in [6, 6.07) is 0. The second kappa shape index (κ2) is 8.95. The van der Waals surface area contributed by atoms with Crippen LogP contribution >= 0.6 is 0 Å². The van der Waals surface area contributed by atoms with Crippen LogP contribution < -0.4 is 0 Å². The molecule has 0 saturated heterocycles. The van der Waals surface area contributed by atoms with Crippen LogP contribution in [0.5, 0.6) is 0 Å². The van der Waals surface area contributed by atoms with E-state index in [0.717, 1.165) is 25.7 Å². The van der Waals surface area contributed by atoms with Crippen LogP contribution in [0.15, 0.2) is 0 Å². The molecule has 1 aliphatic rings. The van der Waals surface area contributed by atoms with Crippen molar-refractivity contribution < 1.29 is 19.2 Å². The van der Waals surface area contributed by atoms with Crippen molar-refractivity contribution in [2.24, 2.45) is 5.92 Å². The van der Waals surface area contributed by atoms with Gasteiger partial charge in [-0.3, -0.25) is 9.59 Å². The molecule has 0 bridgehead atoms. The Morgan fingerprint density at radius 3 is 2.25 bits per heavy atom. The number of ether oxygens (including phenoxy) is 1. The smallest absolute Gasteiger partial charge is 0.328 e. The number of carbonyl (C=O) groups is 2. The quantitative estimate of drug-likeness (QED) is 0.507. The SMILES string of the molecule is CCC(CC(=O)OC1CCCC1)C(=O)ON(CC)CC. The molecule has 0 aliphatic heterocycles. The lowest BCUT2D eigenvalue weighted by atomic mass is 10.0. The van der Waals surface area contributed by atoms with Crippen molar-refractivity contribution in [3.8, 4) is 0 Å². The van der Waals surface area contributed by atoms with Crippen molar-refractivity contribution in [3.05, 3.63) is 0 Å². The van der Waals surface area contributed by atoms with Gasteiger partial charge in [0, 0.05) is 13.1 Å². The van der Waals surface area contributed by atoms with E-state index in [1.807, 2.05) is 20.8 Å². The van der Waals surface area contributed by atoms with Crippen molar-refractivity contribution >= 4 is 11.9 Å². The first kappa shape index (κ1) is 17.0. The van der Waals surface area contributed by atoms with Gasteiger partial charge in [0.25, 0.3) is 0 Å². The summed E-state index contributed by atoms with van der Waals surface area (Å²) < 4.78 is 5.39. The van der Waals surface area contributed by atoms with Crippen molar-refractivity contribution in [2.45, 2.75) is 65.4 Å². The maximum absolute atomic E-state index is 12.0. The van der Waals surface area contributed by atoms with Gasteiger partial charge in [0.05, 0.1) is 12.3 Å². The largest absolute Gasteiger partial charge is 0.462 e. The van der Waals surface area contributed by atoms with Crippen LogP contribution in [0.25, 0.3) is 0 Å². The predicted molar refractivity (Wildman–Crippen MR) is 75.8 cm³/mol. The lowest BCUT2D eigenvalue weighted by molar-refractivity contribution is -0.195. The van der Waals surface area contributed by atoms with Crippen LogP contribution in [0.1, 0.15) is 59.3 Å². The molecule has 0 spiro atoms. The van der Waals surface area contributed by atoms with Crippen LogP contribution in [0.3, 0.4) is 0 Å². The van der Waals surface area contributed by atoms with Gasteiger partial charge in [-0.05, 0) is 46.0 Å². The second-order valence-corrected chi connectivity index (χ2v) is 5.23. The van der Waals surface area contributed by atoms with Crippen LogP contribution in [0.2, 0.25) is 0 Å². The number of nitrogens with zero attached hydrogens (tertiary/aromatic N) is 1. The summed E-state index contributed by atoms with van der Waals surface area (Å²) in [6.07, 6.45) is 4.91. The Morgan fingerprint density at radius 2 is 1.75 bits per heavy atom.